The monoisotopic (exact) mass is 229 g/mol. The van der Waals surface area contributed by atoms with E-state index in [0.29, 0.717) is 19.5 Å². The van der Waals surface area contributed by atoms with Crippen molar-refractivity contribution in [2.45, 2.75) is 39.7 Å². The standard InChI is InChI=1S/C11H23N3O2/c1-4-6-12-8-11(16)13-7-5-10(15)14-9(2)3/h9,12H,4-8H2,1-3H3,(H,13,16)(H,14,15). The number of amides is 2. The van der Waals surface area contributed by atoms with Crippen molar-refractivity contribution in [1.82, 2.24) is 16.0 Å². The quantitative estimate of drug-likeness (QED) is 0.514. The molecule has 0 aromatic carbocycles. The summed E-state index contributed by atoms with van der Waals surface area (Å²) in [7, 11) is 0. The lowest BCUT2D eigenvalue weighted by molar-refractivity contribution is -0.122. The van der Waals surface area contributed by atoms with Crippen LogP contribution in [0.25, 0.3) is 0 Å². The molecule has 0 spiro atoms. The minimum absolute atomic E-state index is 0.0307. The van der Waals surface area contributed by atoms with Crippen molar-refractivity contribution in [3.63, 3.8) is 0 Å². The number of carbonyl (C=O) groups excluding carboxylic acids is 2. The summed E-state index contributed by atoms with van der Waals surface area (Å²) in [5, 5.41) is 8.44. The fourth-order valence-corrected chi connectivity index (χ4v) is 1.15. The van der Waals surface area contributed by atoms with Gasteiger partial charge >= 0.3 is 0 Å². The molecular formula is C11H23N3O2. The van der Waals surface area contributed by atoms with E-state index in [1.807, 2.05) is 20.8 Å². The van der Waals surface area contributed by atoms with Crippen molar-refractivity contribution >= 4 is 11.8 Å². The van der Waals surface area contributed by atoms with E-state index >= 15 is 0 Å². The fourth-order valence-electron chi connectivity index (χ4n) is 1.15. The molecule has 0 heterocycles. The number of hydrogen-bond acceptors (Lipinski definition) is 3. The van der Waals surface area contributed by atoms with E-state index in [1.165, 1.54) is 0 Å². The highest BCUT2D eigenvalue weighted by Gasteiger charge is 2.04. The van der Waals surface area contributed by atoms with Gasteiger partial charge in [-0.25, -0.2) is 0 Å². The molecule has 0 saturated carbocycles. The van der Waals surface area contributed by atoms with E-state index in [-0.39, 0.29) is 17.9 Å². The highest BCUT2D eigenvalue weighted by Crippen LogP contribution is 1.82. The Morgan fingerprint density at radius 1 is 1.12 bits per heavy atom. The predicted octanol–water partition coefficient (Wildman–Crippen LogP) is 0.0169. The zero-order valence-electron chi connectivity index (χ0n) is 10.4. The van der Waals surface area contributed by atoms with E-state index in [0.717, 1.165) is 13.0 Å². The van der Waals surface area contributed by atoms with E-state index in [2.05, 4.69) is 16.0 Å². The number of rotatable bonds is 8. The van der Waals surface area contributed by atoms with Crippen LogP contribution >= 0.6 is 0 Å². The van der Waals surface area contributed by atoms with Gasteiger partial charge in [0.25, 0.3) is 0 Å². The first kappa shape index (κ1) is 14.9. The molecule has 0 saturated heterocycles. The molecule has 0 aliphatic carbocycles. The Bertz CT molecular complexity index is 217. The smallest absolute Gasteiger partial charge is 0.233 e. The first-order valence-corrected chi connectivity index (χ1v) is 5.83. The van der Waals surface area contributed by atoms with Gasteiger partial charge in [0, 0.05) is 19.0 Å². The predicted molar refractivity (Wildman–Crippen MR) is 64.1 cm³/mol. The van der Waals surface area contributed by atoms with Gasteiger partial charge in [-0.15, -0.1) is 0 Å². The van der Waals surface area contributed by atoms with Gasteiger partial charge in [0.05, 0.1) is 6.54 Å². The number of nitrogens with one attached hydrogen (secondary N) is 3. The fraction of sp³-hybridized carbons (Fsp3) is 0.818. The van der Waals surface area contributed by atoms with E-state index in [4.69, 9.17) is 0 Å². The maximum atomic E-state index is 11.2. The van der Waals surface area contributed by atoms with Crippen molar-refractivity contribution < 1.29 is 9.59 Å². The van der Waals surface area contributed by atoms with E-state index in [9.17, 15) is 9.59 Å². The lowest BCUT2D eigenvalue weighted by Gasteiger charge is -2.09. The summed E-state index contributed by atoms with van der Waals surface area (Å²) in [6.07, 6.45) is 1.34. The van der Waals surface area contributed by atoms with Crippen LogP contribution in [0.3, 0.4) is 0 Å². The Morgan fingerprint density at radius 2 is 1.81 bits per heavy atom. The normalized spacial score (nSPS) is 10.2. The zero-order valence-corrected chi connectivity index (χ0v) is 10.4. The minimum atomic E-state index is -0.0641. The molecular weight excluding hydrogens is 206 g/mol. The summed E-state index contributed by atoms with van der Waals surface area (Å²) >= 11 is 0. The number of carbonyl (C=O) groups is 2. The van der Waals surface area contributed by atoms with Crippen LogP contribution in [0.15, 0.2) is 0 Å². The Morgan fingerprint density at radius 3 is 2.38 bits per heavy atom. The summed E-state index contributed by atoms with van der Waals surface area (Å²) < 4.78 is 0. The number of hydrogen-bond donors (Lipinski definition) is 3. The molecule has 0 aliphatic rings. The van der Waals surface area contributed by atoms with Crippen LogP contribution in [0, 0.1) is 0 Å². The second-order valence-electron chi connectivity index (χ2n) is 4.00. The van der Waals surface area contributed by atoms with Crippen molar-refractivity contribution in [3.05, 3.63) is 0 Å². The van der Waals surface area contributed by atoms with Crippen molar-refractivity contribution in [1.29, 1.82) is 0 Å². The third-order valence-electron chi connectivity index (χ3n) is 1.84. The van der Waals surface area contributed by atoms with Crippen LogP contribution < -0.4 is 16.0 Å². The largest absolute Gasteiger partial charge is 0.354 e. The highest BCUT2D eigenvalue weighted by molar-refractivity contribution is 5.80. The second kappa shape index (κ2) is 9.15. The molecule has 0 aliphatic heterocycles. The third kappa shape index (κ3) is 9.45. The summed E-state index contributed by atoms with van der Waals surface area (Å²) in [5.41, 5.74) is 0. The average Bonchev–Trinajstić information content (AvgIpc) is 2.17. The van der Waals surface area contributed by atoms with Crippen LogP contribution in [-0.2, 0) is 9.59 Å². The van der Waals surface area contributed by atoms with Gasteiger partial charge in [-0.2, -0.15) is 0 Å². The van der Waals surface area contributed by atoms with Gasteiger partial charge in [-0.05, 0) is 26.8 Å². The summed E-state index contributed by atoms with van der Waals surface area (Å²) in [5.74, 6) is -0.0948. The molecule has 0 aromatic rings. The van der Waals surface area contributed by atoms with Crippen molar-refractivity contribution in [2.75, 3.05) is 19.6 Å². The maximum absolute atomic E-state index is 11.2. The van der Waals surface area contributed by atoms with Crippen molar-refractivity contribution in [3.8, 4) is 0 Å². The van der Waals surface area contributed by atoms with Crippen LogP contribution in [0.2, 0.25) is 0 Å². The highest BCUT2D eigenvalue weighted by atomic mass is 16.2. The Balaban J connectivity index is 3.43. The molecule has 3 N–H and O–H groups in total. The lowest BCUT2D eigenvalue weighted by atomic mass is 10.3. The lowest BCUT2D eigenvalue weighted by Crippen LogP contribution is -2.37. The Kier molecular flexibility index (Phi) is 8.52. The zero-order chi connectivity index (χ0) is 12.4. The molecule has 0 atom stereocenters. The first-order valence-electron chi connectivity index (χ1n) is 5.83. The summed E-state index contributed by atoms with van der Waals surface area (Å²) in [4.78, 5) is 22.4. The first-order chi connectivity index (χ1) is 7.56. The third-order valence-corrected chi connectivity index (χ3v) is 1.84. The van der Waals surface area contributed by atoms with E-state index in [1.54, 1.807) is 0 Å². The van der Waals surface area contributed by atoms with Gasteiger partial charge in [0.2, 0.25) is 11.8 Å². The van der Waals surface area contributed by atoms with Crippen LogP contribution in [0.5, 0.6) is 0 Å². The van der Waals surface area contributed by atoms with Gasteiger partial charge in [-0.1, -0.05) is 6.92 Å². The molecule has 0 fully saturated rings. The van der Waals surface area contributed by atoms with Crippen LogP contribution in [-0.4, -0.2) is 37.5 Å². The molecule has 0 radical (unpaired) electrons. The maximum Gasteiger partial charge on any atom is 0.233 e. The Hall–Kier alpha value is -1.10. The van der Waals surface area contributed by atoms with Gasteiger partial charge in [0.15, 0.2) is 0 Å². The SMILES string of the molecule is CCCNCC(=O)NCCC(=O)NC(C)C. The molecule has 0 rings (SSSR count). The van der Waals surface area contributed by atoms with Crippen LogP contribution in [0.1, 0.15) is 33.6 Å². The van der Waals surface area contributed by atoms with Gasteiger partial charge < -0.3 is 16.0 Å². The average molecular weight is 229 g/mol. The molecule has 0 aromatic heterocycles. The molecule has 0 unspecified atom stereocenters. The topological polar surface area (TPSA) is 70.2 Å². The molecule has 0 bridgehead atoms. The molecule has 94 valence electrons. The van der Waals surface area contributed by atoms with Gasteiger partial charge in [-0.3, -0.25) is 9.59 Å². The van der Waals surface area contributed by atoms with E-state index < -0.39 is 0 Å². The molecule has 5 nitrogen and oxygen atoms in total. The molecule has 5 heteroatoms. The second-order valence-corrected chi connectivity index (χ2v) is 4.00. The minimum Gasteiger partial charge on any atom is -0.354 e. The molecule has 16 heavy (non-hydrogen) atoms. The van der Waals surface area contributed by atoms with Crippen LogP contribution in [0.4, 0.5) is 0 Å². The summed E-state index contributed by atoms with van der Waals surface area (Å²) in [6.45, 7) is 7.41. The Labute approximate surface area is 97.4 Å². The molecule has 2 amide bonds. The van der Waals surface area contributed by atoms with Crippen molar-refractivity contribution in [2.24, 2.45) is 0 Å². The van der Waals surface area contributed by atoms with Gasteiger partial charge in [0.1, 0.15) is 0 Å². The summed E-state index contributed by atoms with van der Waals surface area (Å²) in [6, 6.07) is 0.148.